The van der Waals surface area contributed by atoms with Crippen LogP contribution < -0.4 is 0 Å². The minimum Gasteiger partial charge on any atom is -0.294 e. The summed E-state index contributed by atoms with van der Waals surface area (Å²) in [6, 6.07) is 1.89. The normalized spacial score (nSPS) is 8.83. The molecule has 0 aliphatic heterocycles. The van der Waals surface area contributed by atoms with Gasteiger partial charge in [-0.3, -0.25) is 9.78 Å². The number of carbonyl (C=O) groups excluding carboxylic acids is 1. The van der Waals surface area contributed by atoms with E-state index in [4.69, 9.17) is 0 Å². The molecule has 1 heterocycles. The average Bonchev–Trinajstić information content (AvgIpc) is 2.04. The van der Waals surface area contributed by atoms with Gasteiger partial charge in [0.15, 0.2) is 5.78 Å². The standard InChI is InChI=1S/C9H11NO.Mg/c1-3-8-4-5-10-6-9(8)7(2)11;/h4-6H,3H2,1-2H3;. The maximum atomic E-state index is 11.0. The van der Waals surface area contributed by atoms with E-state index >= 15 is 0 Å². The quantitative estimate of drug-likeness (QED) is 0.501. The lowest BCUT2D eigenvalue weighted by atomic mass is 10.1. The summed E-state index contributed by atoms with van der Waals surface area (Å²) in [5, 5.41) is 0. The van der Waals surface area contributed by atoms with Gasteiger partial charge in [-0.1, -0.05) is 6.92 Å². The first kappa shape index (κ1) is 11.6. The lowest BCUT2D eigenvalue weighted by Gasteiger charge is -2.00. The summed E-state index contributed by atoms with van der Waals surface area (Å²) < 4.78 is 0. The highest BCUT2D eigenvalue weighted by Gasteiger charge is 2.03. The fourth-order valence-electron chi connectivity index (χ4n) is 1.05. The Balaban J connectivity index is 0.00000121. The van der Waals surface area contributed by atoms with Crippen LogP contribution in [0, 0.1) is 0 Å². The SMILES string of the molecule is CCc1ccncc1C(C)=O.[Mg]. The molecule has 3 heteroatoms. The Bertz CT molecular complexity index is 273. The molecule has 0 unspecified atom stereocenters. The van der Waals surface area contributed by atoms with Gasteiger partial charge in [0.2, 0.25) is 0 Å². The monoisotopic (exact) mass is 173 g/mol. The number of nitrogens with zero attached hydrogens (tertiary/aromatic N) is 1. The second kappa shape index (κ2) is 5.27. The van der Waals surface area contributed by atoms with Crippen LogP contribution in [0.3, 0.4) is 0 Å². The predicted molar refractivity (Wildman–Crippen MR) is 49.4 cm³/mol. The summed E-state index contributed by atoms with van der Waals surface area (Å²) in [5.41, 5.74) is 1.82. The summed E-state index contributed by atoms with van der Waals surface area (Å²) in [5.74, 6) is 0.0925. The van der Waals surface area contributed by atoms with Crippen molar-refractivity contribution in [2.24, 2.45) is 0 Å². The molecular formula is C9H11MgNO. The molecule has 0 aliphatic carbocycles. The van der Waals surface area contributed by atoms with Crippen molar-refractivity contribution in [3.05, 3.63) is 29.6 Å². The van der Waals surface area contributed by atoms with E-state index in [1.54, 1.807) is 19.3 Å². The van der Waals surface area contributed by atoms with Gasteiger partial charge in [-0.15, -0.1) is 0 Å². The van der Waals surface area contributed by atoms with Crippen molar-refractivity contribution < 1.29 is 4.79 Å². The molecule has 2 radical (unpaired) electrons. The number of hydrogen-bond donors (Lipinski definition) is 0. The summed E-state index contributed by atoms with van der Waals surface area (Å²) in [7, 11) is 0. The molecule has 60 valence electrons. The Labute approximate surface area is 88.5 Å². The summed E-state index contributed by atoms with van der Waals surface area (Å²) >= 11 is 0. The zero-order valence-electron chi connectivity index (χ0n) is 7.50. The van der Waals surface area contributed by atoms with E-state index in [2.05, 4.69) is 4.98 Å². The topological polar surface area (TPSA) is 30.0 Å². The predicted octanol–water partition coefficient (Wildman–Crippen LogP) is 1.47. The van der Waals surface area contributed by atoms with Gasteiger partial charge < -0.3 is 0 Å². The summed E-state index contributed by atoms with van der Waals surface area (Å²) in [6.07, 6.45) is 4.23. The van der Waals surface area contributed by atoms with Crippen molar-refractivity contribution in [1.82, 2.24) is 4.98 Å². The molecule has 0 fully saturated rings. The van der Waals surface area contributed by atoms with Crippen LogP contribution in [0.15, 0.2) is 18.5 Å². The Morgan fingerprint density at radius 2 is 2.25 bits per heavy atom. The van der Waals surface area contributed by atoms with E-state index in [9.17, 15) is 4.79 Å². The van der Waals surface area contributed by atoms with Crippen molar-refractivity contribution >= 4 is 28.8 Å². The van der Waals surface area contributed by atoms with Crippen LogP contribution in [0.25, 0.3) is 0 Å². The van der Waals surface area contributed by atoms with Gasteiger partial charge in [0.1, 0.15) is 0 Å². The minimum absolute atomic E-state index is 0. The summed E-state index contributed by atoms with van der Waals surface area (Å²) in [4.78, 5) is 14.9. The van der Waals surface area contributed by atoms with Crippen molar-refractivity contribution in [2.45, 2.75) is 20.3 Å². The molecule has 1 aromatic heterocycles. The number of aromatic nitrogens is 1. The van der Waals surface area contributed by atoms with Crippen molar-refractivity contribution in [1.29, 1.82) is 0 Å². The number of ketones is 1. The Kier molecular flexibility index (Phi) is 5.09. The lowest BCUT2D eigenvalue weighted by Crippen LogP contribution is -1.98. The number of pyridine rings is 1. The number of carbonyl (C=O) groups is 1. The molecular weight excluding hydrogens is 162 g/mol. The minimum atomic E-state index is 0. The average molecular weight is 173 g/mol. The largest absolute Gasteiger partial charge is 0.294 e. The fourth-order valence-corrected chi connectivity index (χ4v) is 1.05. The van der Waals surface area contributed by atoms with Gasteiger partial charge in [-0.2, -0.15) is 0 Å². The van der Waals surface area contributed by atoms with Crippen LogP contribution in [0.5, 0.6) is 0 Å². The van der Waals surface area contributed by atoms with Crippen molar-refractivity contribution in [2.75, 3.05) is 0 Å². The molecule has 0 atom stereocenters. The maximum absolute atomic E-state index is 11.0. The number of aryl methyl sites for hydroxylation is 1. The molecule has 0 saturated heterocycles. The van der Waals surface area contributed by atoms with E-state index in [0.717, 1.165) is 17.5 Å². The Morgan fingerprint density at radius 1 is 1.58 bits per heavy atom. The van der Waals surface area contributed by atoms with Gasteiger partial charge in [0, 0.05) is 41.0 Å². The van der Waals surface area contributed by atoms with Crippen LogP contribution in [-0.2, 0) is 6.42 Å². The second-order valence-electron chi connectivity index (χ2n) is 2.44. The first-order valence-electron chi connectivity index (χ1n) is 3.69. The number of rotatable bonds is 2. The van der Waals surface area contributed by atoms with E-state index in [1.807, 2.05) is 13.0 Å². The molecule has 0 aromatic carbocycles. The van der Waals surface area contributed by atoms with E-state index in [-0.39, 0.29) is 28.8 Å². The second-order valence-corrected chi connectivity index (χ2v) is 2.44. The third-order valence-electron chi connectivity index (χ3n) is 1.67. The van der Waals surface area contributed by atoms with E-state index < -0.39 is 0 Å². The molecule has 1 aromatic rings. The zero-order chi connectivity index (χ0) is 8.27. The molecule has 0 N–H and O–H groups in total. The van der Waals surface area contributed by atoms with Gasteiger partial charge in [-0.25, -0.2) is 0 Å². The third kappa shape index (κ3) is 2.57. The lowest BCUT2D eigenvalue weighted by molar-refractivity contribution is 0.101. The molecule has 0 aliphatic rings. The van der Waals surface area contributed by atoms with Crippen LogP contribution in [0.4, 0.5) is 0 Å². The first-order valence-corrected chi connectivity index (χ1v) is 3.69. The van der Waals surface area contributed by atoms with Crippen LogP contribution in [0.2, 0.25) is 0 Å². The van der Waals surface area contributed by atoms with Gasteiger partial charge in [0.05, 0.1) is 0 Å². The highest BCUT2D eigenvalue weighted by Crippen LogP contribution is 2.07. The zero-order valence-corrected chi connectivity index (χ0v) is 8.92. The fraction of sp³-hybridized carbons (Fsp3) is 0.333. The Hall–Kier alpha value is -0.414. The Morgan fingerprint density at radius 3 is 2.67 bits per heavy atom. The van der Waals surface area contributed by atoms with Crippen LogP contribution >= 0.6 is 0 Å². The van der Waals surface area contributed by atoms with Gasteiger partial charge in [-0.05, 0) is 25.0 Å². The van der Waals surface area contributed by atoms with Crippen molar-refractivity contribution in [3.8, 4) is 0 Å². The molecule has 2 nitrogen and oxygen atoms in total. The first-order chi connectivity index (χ1) is 5.25. The molecule has 0 saturated carbocycles. The number of Topliss-reactive ketones (excluding diaryl/α,β-unsaturated/α-hetero) is 1. The van der Waals surface area contributed by atoms with Crippen LogP contribution in [-0.4, -0.2) is 33.8 Å². The highest BCUT2D eigenvalue weighted by atomic mass is 24.3. The molecule has 12 heavy (non-hydrogen) atoms. The molecule has 0 spiro atoms. The van der Waals surface area contributed by atoms with E-state index in [1.165, 1.54) is 0 Å². The molecule has 0 amide bonds. The third-order valence-corrected chi connectivity index (χ3v) is 1.67. The van der Waals surface area contributed by atoms with Crippen molar-refractivity contribution in [3.63, 3.8) is 0 Å². The van der Waals surface area contributed by atoms with E-state index in [0.29, 0.717) is 0 Å². The highest BCUT2D eigenvalue weighted by molar-refractivity contribution is 5.95. The smallest absolute Gasteiger partial charge is 0.161 e. The number of hydrogen-bond acceptors (Lipinski definition) is 2. The van der Waals surface area contributed by atoms with Crippen LogP contribution in [0.1, 0.15) is 29.8 Å². The summed E-state index contributed by atoms with van der Waals surface area (Å²) in [6.45, 7) is 3.60. The molecule has 0 bridgehead atoms. The van der Waals surface area contributed by atoms with Gasteiger partial charge >= 0.3 is 0 Å². The maximum Gasteiger partial charge on any atom is 0.161 e. The van der Waals surface area contributed by atoms with Gasteiger partial charge in [0.25, 0.3) is 0 Å². The molecule has 1 rings (SSSR count).